The number of thioether (sulfide) groups is 1. The van der Waals surface area contributed by atoms with Gasteiger partial charge in [0.15, 0.2) is 0 Å². The quantitative estimate of drug-likeness (QED) is 0.526. The zero-order valence-electron chi connectivity index (χ0n) is 13.8. The van der Waals surface area contributed by atoms with Crippen molar-refractivity contribution in [2.24, 2.45) is 0 Å². The predicted molar refractivity (Wildman–Crippen MR) is 104 cm³/mol. The van der Waals surface area contributed by atoms with E-state index < -0.39 is 0 Å². The van der Waals surface area contributed by atoms with E-state index in [0.717, 1.165) is 29.2 Å². The van der Waals surface area contributed by atoms with Crippen molar-refractivity contribution < 1.29 is 9.53 Å². The van der Waals surface area contributed by atoms with Crippen molar-refractivity contribution in [1.82, 2.24) is 0 Å². The van der Waals surface area contributed by atoms with Crippen LogP contribution in [0.1, 0.15) is 12.0 Å². The molecule has 3 aromatic carbocycles. The van der Waals surface area contributed by atoms with Crippen LogP contribution in [0.25, 0.3) is 10.8 Å². The van der Waals surface area contributed by atoms with Crippen molar-refractivity contribution in [2.45, 2.75) is 17.7 Å². The Hall–Kier alpha value is -2.46. The van der Waals surface area contributed by atoms with Crippen LogP contribution < -0.4 is 10.1 Å². The lowest BCUT2D eigenvalue weighted by atomic mass is 10.0. The van der Waals surface area contributed by atoms with Crippen LogP contribution in [0.5, 0.6) is 5.75 Å². The SMILES string of the molecule is O=C1CCc2cc(OCCSc3ccc4ccccc4c3)ccc2N1. The summed E-state index contributed by atoms with van der Waals surface area (Å²) in [7, 11) is 0. The summed E-state index contributed by atoms with van der Waals surface area (Å²) in [5.41, 5.74) is 2.06. The van der Waals surface area contributed by atoms with E-state index in [1.807, 2.05) is 18.2 Å². The molecule has 1 N–H and O–H groups in total. The number of benzene rings is 3. The fourth-order valence-electron chi connectivity index (χ4n) is 3.03. The van der Waals surface area contributed by atoms with Crippen molar-refractivity contribution in [2.75, 3.05) is 17.7 Å². The molecule has 0 atom stereocenters. The first-order chi connectivity index (χ1) is 12.3. The Morgan fingerprint density at radius 1 is 0.960 bits per heavy atom. The predicted octanol–water partition coefficient (Wildman–Crippen LogP) is 4.90. The summed E-state index contributed by atoms with van der Waals surface area (Å²) >= 11 is 1.80. The normalized spacial score (nSPS) is 13.4. The highest BCUT2D eigenvalue weighted by molar-refractivity contribution is 7.99. The van der Waals surface area contributed by atoms with Crippen LogP contribution >= 0.6 is 11.8 Å². The topological polar surface area (TPSA) is 38.3 Å². The maximum absolute atomic E-state index is 11.4. The number of fused-ring (bicyclic) bond motifs is 2. The molecule has 1 heterocycles. The molecule has 126 valence electrons. The molecule has 0 saturated carbocycles. The smallest absolute Gasteiger partial charge is 0.224 e. The number of carbonyl (C=O) groups is 1. The van der Waals surface area contributed by atoms with Crippen LogP contribution in [0, 0.1) is 0 Å². The minimum atomic E-state index is 0.0907. The van der Waals surface area contributed by atoms with Crippen LogP contribution in [0.15, 0.2) is 65.6 Å². The van der Waals surface area contributed by atoms with Crippen molar-refractivity contribution in [3.05, 3.63) is 66.2 Å². The van der Waals surface area contributed by atoms with E-state index in [-0.39, 0.29) is 5.91 Å². The molecule has 0 bridgehead atoms. The molecule has 0 fully saturated rings. The van der Waals surface area contributed by atoms with Crippen molar-refractivity contribution in [1.29, 1.82) is 0 Å². The Bertz CT molecular complexity index is 923. The first-order valence-electron chi connectivity index (χ1n) is 8.45. The molecule has 1 aliphatic rings. The number of aryl methyl sites for hydroxylation is 1. The van der Waals surface area contributed by atoms with Gasteiger partial charge in [0.25, 0.3) is 0 Å². The van der Waals surface area contributed by atoms with Gasteiger partial charge in [0, 0.05) is 22.8 Å². The van der Waals surface area contributed by atoms with E-state index in [1.54, 1.807) is 11.8 Å². The van der Waals surface area contributed by atoms with Gasteiger partial charge in [0.2, 0.25) is 5.91 Å². The van der Waals surface area contributed by atoms with Gasteiger partial charge in [0.1, 0.15) is 5.75 Å². The lowest BCUT2D eigenvalue weighted by molar-refractivity contribution is -0.116. The average molecular weight is 349 g/mol. The van der Waals surface area contributed by atoms with Gasteiger partial charge in [-0.1, -0.05) is 30.3 Å². The molecule has 0 aliphatic carbocycles. The van der Waals surface area contributed by atoms with Gasteiger partial charge in [-0.15, -0.1) is 11.8 Å². The number of nitrogens with one attached hydrogen (secondary N) is 1. The van der Waals surface area contributed by atoms with Gasteiger partial charge in [-0.3, -0.25) is 4.79 Å². The molecule has 25 heavy (non-hydrogen) atoms. The molecule has 3 nitrogen and oxygen atoms in total. The Balaban J connectivity index is 1.32. The molecule has 4 heteroatoms. The second-order valence-corrected chi connectivity index (χ2v) is 7.24. The zero-order chi connectivity index (χ0) is 17.1. The van der Waals surface area contributed by atoms with Crippen molar-refractivity contribution in [3.8, 4) is 5.75 Å². The lowest BCUT2D eigenvalue weighted by Gasteiger charge is -2.17. The molecule has 4 rings (SSSR count). The highest BCUT2D eigenvalue weighted by Gasteiger charge is 2.14. The van der Waals surface area contributed by atoms with Gasteiger partial charge in [-0.05, 0) is 53.1 Å². The van der Waals surface area contributed by atoms with E-state index in [2.05, 4.69) is 47.8 Å². The molecule has 0 unspecified atom stereocenters. The second-order valence-electron chi connectivity index (χ2n) is 6.07. The van der Waals surface area contributed by atoms with Gasteiger partial charge in [-0.2, -0.15) is 0 Å². The summed E-state index contributed by atoms with van der Waals surface area (Å²) in [6, 6.07) is 20.8. The van der Waals surface area contributed by atoms with Crippen molar-refractivity contribution >= 4 is 34.1 Å². The van der Waals surface area contributed by atoms with Gasteiger partial charge >= 0.3 is 0 Å². The van der Waals surface area contributed by atoms with E-state index >= 15 is 0 Å². The molecule has 1 amide bonds. The minimum absolute atomic E-state index is 0.0907. The van der Waals surface area contributed by atoms with Gasteiger partial charge in [0.05, 0.1) is 6.61 Å². The summed E-state index contributed by atoms with van der Waals surface area (Å²) in [5.74, 6) is 1.86. The minimum Gasteiger partial charge on any atom is -0.493 e. The van der Waals surface area contributed by atoms with Crippen LogP contribution in [0.2, 0.25) is 0 Å². The lowest BCUT2D eigenvalue weighted by Crippen LogP contribution is -2.18. The molecule has 1 aliphatic heterocycles. The summed E-state index contributed by atoms with van der Waals surface area (Å²) in [5, 5.41) is 5.43. The molecular formula is C21H19NO2S. The maximum atomic E-state index is 11.4. The van der Waals surface area contributed by atoms with Crippen LogP contribution in [-0.2, 0) is 11.2 Å². The standard InChI is InChI=1S/C21H19NO2S/c23-21-10-6-17-13-18(7-9-20(17)22-21)24-11-12-25-19-8-5-15-3-1-2-4-16(15)14-19/h1-5,7-9,13-14H,6,10-12H2,(H,22,23). The van der Waals surface area contributed by atoms with Crippen LogP contribution in [-0.4, -0.2) is 18.3 Å². The summed E-state index contributed by atoms with van der Waals surface area (Å²) in [6.45, 7) is 0.655. The van der Waals surface area contributed by atoms with Crippen LogP contribution in [0.3, 0.4) is 0 Å². The molecule has 0 spiro atoms. The molecular weight excluding hydrogens is 330 g/mol. The van der Waals surface area contributed by atoms with E-state index in [1.165, 1.54) is 15.7 Å². The second kappa shape index (κ2) is 7.19. The van der Waals surface area contributed by atoms with Gasteiger partial charge < -0.3 is 10.1 Å². The zero-order valence-corrected chi connectivity index (χ0v) is 14.6. The first-order valence-corrected chi connectivity index (χ1v) is 9.44. The van der Waals surface area contributed by atoms with E-state index in [9.17, 15) is 4.79 Å². The Kier molecular flexibility index (Phi) is 4.61. The summed E-state index contributed by atoms with van der Waals surface area (Å²) in [6.07, 6.45) is 1.33. The third-order valence-electron chi connectivity index (χ3n) is 4.31. The Morgan fingerprint density at radius 3 is 2.76 bits per heavy atom. The molecule has 0 aromatic heterocycles. The highest BCUT2D eigenvalue weighted by Crippen LogP contribution is 2.27. The third-order valence-corrected chi connectivity index (χ3v) is 5.27. The largest absolute Gasteiger partial charge is 0.493 e. The monoisotopic (exact) mass is 349 g/mol. The first kappa shape index (κ1) is 16.0. The number of hydrogen-bond acceptors (Lipinski definition) is 3. The summed E-state index contributed by atoms with van der Waals surface area (Å²) < 4.78 is 5.87. The fourth-order valence-corrected chi connectivity index (χ4v) is 3.80. The number of ether oxygens (including phenoxy) is 1. The van der Waals surface area contributed by atoms with Crippen molar-refractivity contribution in [3.63, 3.8) is 0 Å². The number of anilines is 1. The molecule has 3 aromatic rings. The molecule has 0 saturated heterocycles. The number of rotatable bonds is 5. The Labute approximate surface area is 151 Å². The summed E-state index contributed by atoms with van der Waals surface area (Å²) in [4.78, 5) is 12.7. The highest BCUT2D eigenvalue weighted by atomic mass is 32.2. The average Bonchev–Trinajstić information content (AvgIpc) is 2.65. The third kappa shape index (κ3) is 3.80. The number of hydrogen-bond donors (Lipinski definition) is 1. The van der Waals surface area contributed by atoms with E-state index in [0.29, 0.717) is 13.0 Å². The molecule has 0 radical (unpaired) electrons. The van der Waals surface area contributed by atoms with E-state index in [4.69, 9.17) is 4.74 Å². The Morgan fingerprint density at radius 2 is 1.84 bits per heavy atom. The van der Waals surface area contributed by atoms with Gasteiger partial charge in [-0.25, -0.2) is 0 Å². The van der Waals surface area contributed by atoms with Crippen LogP contribution in [0.4, 0.5) is 5.69 Å². The maximum Gasteiger partial charge on any atom is 0.224 e. The number of amides is 1. The fraction of sp³-hybridized carbons (Fsp3) is 0.190. The number of carbonyl (C=O) groups excluding carboxylic acids is 1.